The minimum absolute atomic E-state index is 0. The van der Waals surface area contributed by atoms with Gasteiger partial charge < -0.3 is 20.3 Å². The highest BCUT2D eigenvalue weighted by atomic mass is 127. The van der Waals surface area contributed by atoms with Crippen LogP contribution in [0.25, 0.3) is 0 Å². The van der Waals surface area contributed by atoms with Gasteiger partial charge in [0.05, 0.1) is 0 Å². The molecule has 26 heavy (non-hydrogen) atoms. The van der Waals surface area contributed by atoms with Crippen molar-refractivity contribution in [1.82, 2.24) is 15.5 Å². The molecule has 7 heteroatoms. The Labute approximate surface area is 175 Å². The van der Waals surface area contributed by atoms with Crippen molar-refractivity contribution < 1.29 is 9.53 Å². The molecule has 1 saturated carbocycles. The highest BCUT2D eigenvalue weighted by molar-refractivity contribution is 14.0. The molecular formula is C19H37IN4O2. The second-order valence-electron chi connectivity index (χ2n) is 7.34. The van der Waals surface area contributed by atoms with Crippen LogP contribution in [-0.2, 0) is 9.53 Å². The predicted octanol–water partition coefficient (Wildman–Crippen LogP) is 2.77. The van der Waals surface area contributed by atoms with Gasteiger partial charge in [0.1, 0.15) is 6.54 Å². The third kappa shape index (κ3) is 8.88. The summed E-state index contributed by atoms with van der Waals surface area (Å²) in [6.45, 7) is 5.82. The van der Waals surface area contributed by atoms with Gasteiger partial charge in [0.15, 0.2) is 5.96 Å². The summed E-state index contributed by atoms with van der Waals surface area (Å²) < 4.78 is 5.43. The van der Waals surface area contributed by atoms with E-state index in [9.17, 15) is 4.79 Å². The van der Waals surface area contributed by atoms with E-state index in [0.29, 0.717) is 6.04 Å². The van der Waals surface area contributed by atoms with Gasteiger partial charge in [0, 0.05) is 39.4 Å². The molecule has 1 heterocycles. The largest absolute Gasteiger partial charge is 0.381 e. The van der Waals surface area contributed by atoms with Crippen LogP contribution >= 0.6 is 24.0 Å². The molecule has 0 bridgehead atoms. The van der Waals surface area contributed by atoms with Crippen LogP contribution in [-0.4, -0.2) is 62.7 Å². The summed E-state index contributed by atoms with van der Waals surface area (Å²) in [4.78, 5) is 18.9. The molecule has 0 aromatic heterocycles. The molecule has 0 spiro atoms. The smallest absolute Gasteiger partial charge is 0.242 e. The van der Waals surface area contributed by atoms with Gasteiger partial charge >= 0.3 is 0 Å². The molecule has 2 rings (SSSR count). The van der Waals surface area contributed by atoms with Crippen LogP contribution in [0.1, 0.15) is 58.3 Å². The van der Waals surface area contributed by atoms with Crippen molar-refractivity contribution in [3.8, 4) is 0 Å². The maximum atomic E-state index is 12.2. The van der Waals surface area contributed by atoms with E-state index in [1.54, 1.807) is 0 Å². The summed E-state index contributed by atoms with van der Waals surface area (Å²) in [6.07, 6.45) is 9.45. The maximum Gasteiger partial charge on any atom is 0.242 e. The van der Waals surface area contributed by atoms with Gasteiger partial charge in [-0.3, -0.25) is 4.79 Å². The molecule has 0 radical (unpaired) electrons. The molecule has 2 fully saturated rings. The molecule has 0 unspecified atom stereocenters. The summed E-state index contributed by atoms with van der Waals surface area (Å²) >= 11 is 0. The number of guanidine groups is 1. The molecule has 6 nitrogen and oxygen atoms in total. The van der Waals surface area contributed by atoms with E-state index in [4.69, 9.17) is 4.74 Å². The van der Waals surface area contributed by atoms with Crippen LogP contribution in [0.3, 0.4) is 0 Å². The van der Waals surface area contributed by atoms with Gasteiger partial charge in [-0.15, -0.1) is 24.0 Å². The topological polar surface area (TPSA) is 66.0 Å². The lowest BCUT2D eigenvalue weighted by molar-refractivity contribution is -0.120. The van der Waals surface area contributed by atoms with Crippen LogP contribution in [0, 0.1) is 5.92 Å². The number of ether oxygens (including phenoxy) is 1. The lowest BCUT2D eigenvalue weighted by Crippen LogP contribution is -2.42. The van der Waals surface area contributed by atoms with E-state index in [0.717, 1.165) is 70.3 Å². The number of carbonyl (C=O) groups is 1. The Bertz CT molecular complexity index is 422. The zero-order valence-electron chi connectivity index (χ0n) is 16.5. The van der Waals surface area contributed by atoms with Crippen molar-refractivity contribution in [2.24, 2.45) is 10.9 Å². The lowest BCUT2D eigenvalue weighted by Gasteiger charge is -2.27. The second kappa shape index (κ2) is 13.6. The minimum atomic E-state index is 0. The number of halogens is 1. The van der Waals surface area contributed by atoms with Gasteiger partial charge in [-0.25, -0.2) is 4.99 Å². The summed E-state index contributed by atoms with van der Waals surface area (Å²) in [7, 11) is 2.06. The number of aliphatic imine (C=N–C) groups is 1. The normalized spacial score (nSPS) is 19.5. The monoisotopic (exact) mass is 480 g/mol. The van der Waals surface area contributed by atoms with Crippen LogP contribution < -0.4 is 10.6 Å². The van der Waals surface area contributed by atoms with Crippen LogP contribution in [0.2, 0.25) is 0 Å². The quantitative estimate of drug-likeness (QED) is 0.334. The minimum Gasteiger partial charge on any atom is -0.381 e. The van der Waals surface area contributed by atoms with Gasteiger partial charge in [0.2, 0.25) is 5.91 Å². The van der Waals surface area contributed by atoms with Gasteiger partial charge in [-0.05, 0) is 44.9 Å². The molecule has 2 aliphatic rings. The van der Waals surface area contributed by atoms with Crippen molar-refractivity contribution >= 4 is 35.8 Å². The third-order valence-corrected chi connectivity index (χ3v) is 5.25. The van der Waals surface area contributed by atoms with Crippen molar-refractivity contribution in [2.75, 3.05) is 39.9 Å². The number of carbonyl (C=O) groups excluding carboxylic acids is 1. The van der Waals surface area contributed by atoms with Gasteiger partial charge in [-0.2, -0.15) is 0 Å². The van der Waals surface area contributed by atoms with Crippen molar-refractivity contribution in [1.29, 1.82) is 0 Å². The Kier molecular flexibility index (Phi) is 12.3. The predicted molar refractivity (Wildman–Crippen MR) is 117 cm³/mol. The molecule has 1 saturated heterocycles. The first kappa shape index (κ1) is 23.5. The van der Waals surface area contributed by atoms with Crippen molar-refractivity contribution in [2.45, 2.75) is 64.3 Å². The molecule has 1 amide bonds. The zero-order valence-corrected chi connectivity index (χ0v) is 18.8. The summed E-state index contributed by atoms with van der Waals surface area (Å²) in [5, 5.41) is 6.43. The molecule has 0 aromatic carbocycles. The Morgan fingerprint density at radius 2 is 1.85 bits per heavy atom. The first-order valence-corrected chi connectivity index (χ1v) is 10.1. The molecular weight excluding hydrogens is 443 g/mol. The number of hydrogen-bond acceptors (Lipinski definition) is 3. The zero-order chi connectivity index (χ0) is 17.9. The molecule has 152 valence electrons. The Hall–Kier alpha value is -0.570. The van der Waals surface area contributed by atoms with E-state index < -0.39 is 0 Å². The summed E-state index contributed by atoms with van der Waals surface area (Å²) in [5.41, 5.74) is 0. The molecule has 2 N–H and O–H groups in total. The highest BCUT2D eigenvalue weighted by Gasteiger charge is 2.17. The Morgan fingerprint density at radius 3 is 2.50 bits per heavy atom. The number of nitrogens with zero attached hydrogens (tertiary/aromatic N) is 2. The first-order valence-electron chi connectivity index (χ1n) is 10.1. The third-order valence-electron chi connectivity index (χ3n) is 5.25. The van der Waals surface area contributed by atoms with Crippen LogP contribution in [0.4, 0.5) is 0 Å². The SMILES string of the molecule is CCNC(=NCC(=O)NC1CCCCC1)N(C)CCC1CCOCC1.I. The van der Waals surface area contributed by atoms with Crippen LogP contribution in [0.15, 0.2) is 4.99 Å². The highest BCUT2D eigenvalue weighted by Crippen LogP contribution is 2.18. The number of rotatable bonds is 7. The summed E-state index contributed by atoms with van der Waals surface area (Å²) in [5.74, 6) is 1.61. The number of nitrogens with one attached hydrogen (secondary N) is 2. The molecule has 1 aliphatic heterocycles. The van der Waals surface area contributed by atoms with E-state index in [1.807, 2.05) is 0 Å². The lowest BCUT2D eigenvalue weighted by atomic mass is 9.95. The van der Waals surface area contributed by atoms with E-state index in [2.05, 4.69) is 34.5 Å². The number of hydrogen-bond donors (Lipinski definition) is 2. The average Bonchev–Trinajstić information content (AvgIpc) is 2.65. The number of amides is 1. The van der Waals surface area contributed by atoms with E-state index >= 15 is 0 Å². The van der Waals surface area contributed by atoms with Crippen molar-refractivity contribution in [3.63, 3.8) is 0 Å². The molecule has 0 aromatic rings. The van der Waals surface area contributed by atoms with E-state index in [1.165, 1.54) is 19.3 Å². The van der Waals surface area contributed by atoms with Gasteiger partial charge in [0.25, 0.3) is 0 Å². The van der Waals surface area contributed by atoms with E-state index in [-0.39, 0.29) is 36.4 Å². The average molecular weight is 480 g/mol. The van der Waals surface area contributed by atoms with Crippen LogP contribution in [0.5, 0.6) is 0 Å². The Morgan fingerprint density at radius 1 is 1.15 bits per heavy atom. The van der Waals surface area contributed by atoms with Gasteiger partial charge in [-0.1, -0.05) is 19.3 Å². The molecule has 1 aliphatic carbocycles. The standard InChI is InChI=1S/C19H36N4O2.HI/c1-3-20-19(23(2)12-9-16-10-13-25-14-11-16)21-15-18(24)22-17-7-5-4-6-8-17;/h16-17H,3-15H2,1-2H3,(H,20,21)(H,22,24);1H. The fourth-order valence-corrected chi connectivity index (χ4v) is 3.65. The Balaban J connectivity index is 0.00000338. The molecule has 0 atom stereocenters. The maximum absolute atomic E-state index is 12.2. The first-order chi connectivity index (χ1) is 12.2. The fraction of sp³-hybridized carbons (Fsp3) is 0.895. The summed E-state index contributed by atoms with van der Waals surface area (Å²) in [6, 6.07) is 0.352. The fourth-order valence-electron chi connectivity index (χ4n) is 3.65. The second-order valence-corrected chi connectivity index (χ2v) is 7.34. The van der Waals surface area contributed by atoms with Crippen molar-refractivity contribution in [3.05, 3.63) is 0 Å².